The average Bonchev–Trinajstić information content (AvgIpc) is 3.27. The Hall–Kier alpha value is -3.67. The van der Waals surface area contributed by atoms with Gasteiger partial charge in [0.25, 0.3) is 5.91 Å². The standard InChI is InChI=1S/C20H21NO6.C9H16N2OS/c1-12-15(9-6-10-17(12)27-13(2)22)19(24)21-16(18(23)20(25)26)11-14-7-4-3-5-8-14;1-4-5-10-8(12)7-9(2,3)13-6-11-7/h3-10,16,18,23H,11H2,1-2H3,(H,21,24)(H,25,26);4,7,11H,1,5-6H2,2-3H3,(H,10,12)/t16-,18-;/m0./s1. The van der Waals surface area contributed by atoms with Crippen molar-refractivity contribution in [1.82, 2.24) is 16.0 Å². The number of carbonyl (C=O) groups excluding carboxylic acids is 3. The summed E-state index contributed by atoms with van der Waals surface area (Å²) in [7, 11) is 0. The SMILES string of the molecule is C=CCNC(=O)C1NCSC1(C)C.CC(=O)Oc1cccc(C(=O)N[C@@H](Cc2ccccc2)[C@H](O)C(=O)O)c1C. The summed E-state index contributed by atoms with van der Waals surface area (Å²) >= 11 is 1.77. The first kappa shape index (κ1) is 32.5. The van der Waals surface area contributed by atoms with E-state index in [0.29, 0.717) is 12.1 Å². The molecule has 1 aliphatic rings. The molecular weight excluding hydrogens is 534 g/mol. The van der Waals surface area contributed by atoms with Crippen LogP contribution in [-0.4, -0.2) is 69.3 Å². The van der Waals surface area contributed by atoms with E-state index in [1.807, 2.05) is 6.07 Å². The van der Waals surface area contributed by atoms with Crippen LogP contribution in [0.1, 0.15) is 42.3 Å². The minimum atomic E-state index is -1.77. The molecule has 2 aromatic carbocycles. The number of ether oxygens (including phenoxy) is 1. The van der Waals surface area contributed by atoms with Gasteiger partial charge in [0.05, 0.1) is 6.04 Å². The first-order valence-electron chi connectivity index (χ1n) is 12.7. The maximum atomic E-state index is 12.7. The van der Waals surface area contributed by atoms with E-state index in [9.17, 15) is 24.3 Å². The van der Waals surface area contributed by atoms with E-state index in [2.05, 4.69) is 36.4 Å². The first-order chi connectivity index (χ1) is 18.9. The number of hydrogen-bond donors (Lipinski definition) is 5. The molecule has 1 unspecified atom stereocenters. The number of aliphatic carboxylic acids is 1. The van der Waals surface area contributed by atoms with E-state index in [0.717, 1.165) is 11.4 Å². The van der Waals surface area contributed by atoms with Crippen LogP contribution in [0, 0.1) is 6.92 Å². The molecule has 1 fully saturated rings. The molecule has 0 spiro atoms. The van der Waals surface area contributed by atoms with E-state index in [4.69, 9.17) is 9.84 Å². The van der Waals surface area contributed by atoms with Crippen molar-refractivity contribution in [2.24, 2.45) is 0 Å². The van der Waals surface area contributed by atoms with Crippen LogP contribution in [0.4, 0.5) is 0 Å². The highest BCUT2D eigenvalue weighted by atomic mass is 32.2. The van der Waals surface area contributed by atoms with Gasteiger partial charge in [-0.1, -0.05) is 42.5 Å². The Morgan fingerprint density at radius 2 is 1.85 bits per heavy atom. The van der Waals surface area contributed by atoms with Crippen LogP contribution in [-0.2, 0) is 20.8 Å². The highest BCUT2D eigenvalue weighted by molar-refractivity contribution is 8.00. The highest BCUT2D eigenvalue weighted by Crippen LogP contribution is 2.32. The van der Waals surface area contributed by atoms with Crippen LogP contribution in [0.25, 0.3) is 0 Å². The summed E-state index contributed by atoms with van der Waals surface area (Å²) in [6.07, 6.45) is 0.0570. The maximum Gasteiger partial charge on any atom is 0.334 e. The number of nitrogens with one attached hydrogen (secondary N) is 3. The van der Waals surface area contributed by atoms with Crippen molar-refractivity contribution in [3.8, 4) is 5.75 Å². The zero-order valence-electron chi connectivity index (χ0n) is 23.1. The smallest absolute Gasteiger partial charge is 0.334 e. The van der Waals surface area contributed by atoms with Crippen LogP contribution >= 0.6 is 11.8 Å². The number of hydrogen-bond acceptors (Lipinski definition) is 8. The monoisotopic (exact) mass is 571 g/mol. The van der Waals surface area contributed by atoms with Crippen LogP contribution < -0.4 is 20.7 Å². The van der Waals surface area contributed by atoms with Crippen LogP contribution in [0.15, 0.2) is 61.2 Å². The van der Waals surface area contributed by atoms with E-state index < -0.39 is 30.0 Å². The van der Waals surface area contributed by atoms with Crippen LogP contribution in [0.5, 0.6) is 5.75 Å². The number of carboxylic acid groups (broad SMARTS) is 1. The lowest BCUT2D eigenvalue weighted by Gasteiger charge is -2.23. The maximum absolute atomic E-state index is 12.7. The summed E-state index contributed by atoms with van der Waals surface area (Å²) in [6, 6.07) is 12.5. The molecule has 3 atom stereocenters. The molecule has 5 N–H and O–H groups in total. The average molecular weight is 572 g/mol. The third-order valence-corrected chi connectivity index (χ3v) is 7.43. The number of benzene rings is 2. The molecule has 3 rings (SSSR count). The molecule has 1 saturated heterocycles. The van der Waals surface area contributed by atoms with Gasteiger partial charge in [-0.05, 0) is 44.9 Å². The van der Waals surface area contributed by atoms with E-state index in [1.54, 1.807) is 61.2 Å². The van der Waals surface area contributed by atoms with Gasteiger partial charge in [-0.25, -0.2) is 4.79 Å². The third kappa shape index (κ3) is 9.51. The van der Waals surface area contributed by atoms with Gasteiger partial charge in [-0.3, -0.25) is 19.7 Å². The molecule has 40 heavy (non-hydrogen) atoms. The minimum Gasteiger partial charge on any atom is -0.479 e. The fraction of sp³-hybridized carbons (Fsp3) is 0.379. The fourth-order valence-electron chi connectivity index (χ4n) is 3.98. The summed E-state index contributed by atoms with van der Waals surface area (Å²) in [5, 5.41) is 27.7. The quantitative estimate of drug-likeness (QED) is 0.164. The van der Waals surface area contributed by atoms with Gasteiger partial charge < -0.3 is 25.6 Å². The van der Waals surface area contributed by atoms with Gasteiger partial charge >= 0.3 is 11.9 Å². The van der Waals surface area contributed by atoms with Crippen molar-refractivity contribution in [3.05, 3.63) is 77.9 Å². The predicted octanol–water partition coefficient (Wildman–Crippen LogP) is 2.44. The van der Waals surface area contributed by atoms with Crippen molar-refractivity contribution >= 4 is 35.5 Å². The molecule has 1 heterocycles. The molecule has 216 valence electrons. The van der Waals surface area contributed by atoms with Crippen molar-refractivity contribution in [3.63, 3.8) is 0 Å². The Morgan fingerprint density at radius 3 is 2.40 bits per heavy atom. The summed E-state index contributed by atoms with van der Waals surface area (Å²) in [5.74, 6) is -1.36. The summed E-state index contributed by atoms with van der Waals surface area (Å²) in [6.45, 7) is 11.1. The van der Waals surface area contributed by atoms with Gasteiger partial charge in [0.15, 0.2) is 6.10 Å². The number of esters is 1. The van der Waals surface area contributed by atoms with E-state index in [-0.39, 0.29) is 34.4 Å². The minimum absolute atomic E-state index is 0.00868. The topological polar surface area (TPSA) is 154 Å². The fourth-order valence-corrected chi connectivity index (χ4v) is 4.96. The zero-order valence-corrected chi connectivity index (χ0v) is 23.9. The molecule has 11 heteroatoms. The van der Waals surface area contributed by atoms with Crippen molar-refractivity contribution in [2.75, 3.05) is 12.4 Å². The number of carbonyl (C=O) groups is 4. The molecular formula is C29H37N3O7S. The second-order valence-corrected chi connectivity index (χ2v) is 11.3. The normalized spacial score (nSPS) is 16.9. The number of aliphatic hydroxyl groups excluding tert-OH is 1. The number of amides is 2. The zero-order chi connectivity index (χ0) is 29.9. The number of aliphatic hydroxyl groups is 1. The molecule has 0 aromatic heterocycles. The van der Waals surface area contributed by atoms with E-state index in [1.165, 1.54) is 13.0 Å². The second kappa shape index (κ2) is 15.2. The van der Waals surface area contributed by atoms with E-state index >= 15 is 0 Å². The Morgan fingerprint density at radius 1 is 1.18 bits per heavy atom. The Bertz CT molecular complexity index is 1200. The van der Waals surface area contributed by atoms with Crippen molar-refractivity contribution in [2.45, 2.75) is 57.1 Å². The molecule has 0 bridgehead atoms. The van der Waals surface area contributed by atoms with Gasteiger partial charge in [0, 0.05) is 35.2 Å². The Balaban J connectivity index is 0.000000360. The Kier molecular flexibility index (Phi) is 12.4. The highest BCUT2D eigenvalue weighted by Gasteiger charge is 2.39. The van der Waals surface area contributed by atoms with Gasteiger partial charge in [-0.15, -0.1) is 18.3 Å². The lowest BCUT2D eigenvalue weighted by atomic mass is 10.00. The third-order valence-electron chi connectivity index (χ3n) is 6.14. The molecule has 0 radical (unpaired) electrons. The molecule has 2 amide bonds. The van der Waals surface area contributed by atoms with Gasteiger partial charge in [0.1, 0.15) is 11.8 Å². The largest absolute Gasteiger partial charge is 0.479 e. The van der Waals surface area contributed by atoms with Gasteiger partial charge in [0.2, 0.25) is 5.91 Å². The first-order valence-corrected chi connectivity index (χ1v) is 13.7. The Labute approximate surface area is 238 Å². The molecule has 1 aliphatic heterocycles. The number of thioether (sulfide) groups is 1. The molecule has 0 saturated carbocycles. The van der Waals surface area contributed by atoms with Gasteiger partial charge in [-0.2, -0.15) is 0 Å². The molecule has 2 aromatic rings. The lowest BCUT2D eigenvalue weighted by Crippen LogP contribution is -2.49. The van der Waals surface area contributed by atoms with Crippen molar-refractivity contribution < 1.29 is 34.1 Å². The summed E-state index contributed by atoms with van der Waals surface area (Å²) in [5.41, 5.74) is 1.44. The lowest BCUT2D eigenvalue weighted by molar-refractivity contribution is -0.148. The second-order valence-electron chi connectivity index (χ2n) is 9.64. The number of carboxylic acids is 1. The number of rotatable bonds is 10. The summed E-state index contributed by atoms with van der Waals surface area (Å²) in [4.78, 5) is 46.7. The molecule has 0 aliphatic carbocycles. The van der Waals surface area contributed by atoms with Crippen LogP contribution in [0.3, 0.4) is 0 Å². The molecule has 10 nitrogen and oxygen atoms in total. The predicted molar refractivity (Wildman–Crippen MR) is 154 cm³/mol. The summed E-state index contributed by atoms with van der Waals surface area (Å²) < 4.78 is 5.05. The van der Waals surface area contributed by atoms with Crippen LogP contribution in [0.2, 0.25) is 0 Å². The van der Waals surface area contributed by atoms with Crippen molar-refractivity contribution in [1.29, 1.82) is 0 Å².